The highest BCUT2D eigenvalue weighted by Crippen LogP contribution is 2.37. The molecule has 1 unspecified atom stereocenters. The van der Waals surface area contributed by atoms with Gasteiger partial charge >= 0.3 is 0 Å². The number of nitrogens with one attached hydrogen (secondary N) is 1. The summed E-state index contributed by atoms with van der Waals surface area (Å²) in [5.41, 5.74) is 5.11. The third kappa shape index (κ3) is 6.14. The van der Waals surface area contributed by atoms with E-state index >= 15 is 0 Å². The van der Waals surface area contributed by atoms with Crippen LogP contribution < -0.4 is 24.6 Å². The first-order valence-corrected chi connectivity index (χ1v) is 12.9. The van der Waals surface area contributed by atoms with E-state index in [1.54, 1.807) is 36.4 Å². The van der Waals surface area contributed by atoms with Gasteiger partial charge in [-0.15, -0.1) is 0 Å². The molecule has 4 rings (SSSR count). The molecule has 0 spiro atoms. The number of anilines is 1. The van der Waals surface area contributed by atoms with Crippen molar-refractivity contribution in [3.8, 4) is 17.2 Å². The molecule has 0 saturated carbocycles. The molecule has 2 amide bonds. The van der Waals surface area contributed by atoms with Crippen LogP contribution in [0.1, 0.15) is 37.3 Å². The number of rotatable bonds is 10. The van der Waals surface area contributed by atoms with E-state index < -0.39 is 11.8 Å². The maximum atomic E-state index is 12.9. The first-order chi connectivity index (χ1) is 17.9. The molecule has 0 aromatic heterocycles. The Morgan fingerprint density at radius 1 is 1.00 bits per heavy atom. The summed E-state index contributed by atoms with van der Waals surface area (Å²) in [5.74, 6) is 1.37. The van der Waals surface area contributed by atoms with Crippen LogP contribution in [0.15, 0.2) is 76.8 Å². The number of hydrazine groups is 1. The van der Waals surface area contributed by atoms with Crippen LogP contribution in [0.3, 0.4) is 0 Å². The number of carbonyl (C=O) groups excluding carboxylic acids is 2. The number of hydrogen-bond acceptors (Lipinski definition) is 5. The minimum atomic E-state index is -0.474. The van der Waals surface area contributed by atoms with E-state index in [0.29, 0.717) is 46.4 Å². The molecule has 7 nitrogen and oxygen atoms in total. The Kier molecular flexibility index (Phi) is 8.50. The zero-order valence-electron chi connectivity index (χ0n) is 21.0. The number of benzene rings is 3. The van der Waals surface area contributed by atoms with Crippen LogP contribution >= 0.6 is 15.9 Å². The fourth-order valence-corrected chi connectivity index (χ4v) is 4.45. The van der Waals surface area contributed by atoms with Gasteiger partial charge in [-0.1, -0.05) is 44.2 Å². The number of para-hydroxylation sites is 1. The van der Waals surface area contributed by atoms with Crippen molar-refractivity contribution in [2.24, 2.45) is 0 Å². The third-order valence-electron chi connectivity index (χ3n) is 6.13. The maximum absolute atomic E-state index is 12.9. The molecule has 1 heterocycles. The largest absolute Gasteiger partial charge is 0.493 e. The topological polar surface area (TPSA) is 77.1 Å². The Hall–Kier alpha value is -3.78. The van der Waals surface area contributed by atoms with Gasteiger partial charge in [-0.2, -0.15) is 0 Å². The molecule has 1 aliphatic rings. The summed E-state index contributed by atoms with van der Waals surface area (Å²) >= 11 is 3.52. The van der Waals surface area contributed by atoms with Gasteiger partial charge in [0, 0.05) is 0 Å². The van der Waals surface area contributed by atoms with Crippen molar-refractivity contribution < 1.29 is 23.8 Å². The third-order valence-corrected chi connectivity index (χ3v) is 6.72. The molecule has 3 aromatic carbocycles. The molecule has 0 bridgehead atoms. The second-order valence-corrected chi connectivity index (χ2v) is 9.44. The van der Waals surface area contributed by atoms with Crippen molar-refractivity contribution in [1.29, 1.82) is 0 Å². The van der Waals surface area contributed by atoms with Crippen LogP contribution in [0.4, 0.5) is 5.69 Å². The SMILES string of the molecule is CCC(C)c1ccc(OCCOc2c(Br)cc(/C=C3\C(=O)NN(c4ccccc4)C3=O)cc2OC)cc1. The molecule has 37 heavy (non-hydrogen) atoms. The van der Waals surface area contributed by atoms with E-state index in [-0.39, 0.29) is 5.57 Å². The second kappa shape index (κ2) is 12.0. The number of amides is 2. The molecule has 0 aliphatic carbocycles. The Morgan fingerprint density at radius 2 is 1.70 bits per heavy atom. The number of methoxy groups -OCH3 is 1. The maximum Gasteiger partial charge on any atom is 0.282 e. The summed E-state index contributed by atoms with van der Waals surface area (Å²) in [5, 5.41) is 1.23. The summed E-state index contributed by atoms with van der Waals surface area (Å²) in [6.45, 7) is 5.03. The summed E-state index contributed by atoms with van der Waals surface area (Å²) in [6.07, 6.45) is 2.63. The summed E-state index contributed by atoms with van der Waals surface area (Å²) < 4.78 is 17.9. The molecule has 8 heteroatoms. The van der Waals surface area contributed by atoms with Gasteiger partial charge in [0.15, 0.2) is 11.5 Å². The predicted molar refractivity (Wildman–Crippen MR) is 147 cm³/mol. The van der Waals surface area contributed by atoms with Crippen LogP contribution in [0.25, 0.3) is 6.08 Å². The first-order valence-electron chi connectivity index (χ1n) is 12.1. The van der Waals surface area contributed by atoms with Crippen molar-refractivity contribution >= 4 is 39.5 Å². The molecule has 1 N–H and O–H groups in total. The second-order valence-electron chi connectivity index (χ2n) is 8.58. The standard InChI is InChI=1S/C29H29BrN2O5/c1-4-19(2)21-10-12-23(13-11-21)36-14-15-37-27-25(30)17-20(18-26(27)35-3)16-24-28(33)31-32(29(24)34)22-8-6-5-7-9-22/h5-13,16-19H,4,14-15H2,1-3H3,(H,31,33)/b24-16+. The van der Waals surface area contributed by atoms with E-state index in [9.17, 15) is 9.59 Å². The van der Waals surface area contributed by atoms with Crippen LogP contribution in [0.5, 0.6) is 17.2 Å². The molecular formula is C29H29BrN2O5. The average molecular weight is 565 g/mol. The zero-order chi connectivity index (χ0) is 26.4. The highest BCUT2D eigenvalue weighted by molar-refractivity contribution is 9.10. The number of halogens is 1. The lowest BCUT2D eigenvalue weighted by Gasteiger charge is -2.15. The fraction of sp³-hybridized carbons (Fsp3) is 0.241. The minimum Gasteiger partial charge on any atom is -0.493 e. The number of ether oxygens (including phenoxy) is 3. The van der Waals surface area contributed by atoms with E-state index in [4.69, 9.17) is 14.2 Å². The molecule has 192 valence electrons. The molecule has 1 atom stereocenters. The van der Waals surface area contributed by atoms with Crippen LogP contribution in [0.2, 0.25) is 0 Å². The Bertz CT molecular complexity index is 1290. The summed E-state index contributed by atoms with van der Waals surface area (Å²) in [4.78, 5) is 25.4. The highest BCUT2D eigenvalue weighted by Gasteiger charge is 2.34. The van der Waals surface area contributed by atoms with Crippen LogP contribution in [0, 0.1) is 0 Å². The van der Waals surface area contributed by atoms with Crippen molar-refractivity contribution in [2.75, 3.05) is 25.3 Å². The van der Waals surface area contributed by atoms with E-state index in [1.165, 1.54) is 23.8 Å². The first kappa shape index (κ1) is 26.3. The quantitative estimate of drug-likeness (QED) is 0.189. The number of carbonyl (C=O) groups is 2. The normalized spacial score (nSPS) is 15.0. The zero-order valence-corrected chi connectivity index (χ0v) is 22.6. The fourth-order valence-electron chi connectivity index (χ4n) is 3.88. The van der Waals surface area contributed by atoms with Crippen molar-refractivity contribution in [3.63, 3.8) is 0 Å². The average Bonchev–Trinajstić information content (AvgIpc) is 3.20. The molecule has 0 radical (unpaired) electrons. The summed E-state index contributed by atoms with van der Waals surface area (Å²) in [6, 6.07) is 20.5. The highest BCUT2D eigenvalue weighted by atomic mass is 79.9. The lowest BCUT2D eigenvalue weighted by atomic mass is 9.99. The molecular weight excluding hydrogens is 536 g/mol. The van der Waals surface area contributed by atoms with Crippen molar-refractivity contribution in [1.82, 2.24) is 5.43 Å². The van der Waals surface area contributed by atoms with Gasteiger partial charge in [-0.05, 0) is 81.9 Å². The Morgan fingerprint density at radius 3 is 2.38 bits per heavy atom. The van der Waals surface area contributed by atoms with Crippen molar-refractivity contribution in [3.05, 3.63) is 87.9 Å². The lowest BCUT2D eigenvalue weighted by molar-refractivity contribution is -0.117. The number of nitrogens with zero attached hydrogens (tertiary/aromatic N) is 1. The summed E-state index contributed by atoms with van der Waals surface area (Å²) in [7, 11) is 1.53. The number of hydrogen-bond donors (Lipinski definition) is 1. The molecule has 1 aliphatic heterocycles. The van der Waals surface area contributed by atoms with Crippen LogP contribution in [-0.2, 0) is 9.59 Å². The predicted octanol–water partition coefficient (Wildman–Crippen LogP) is 5.89. The molecule has 1 saturated heterocycles. The van der Waals surface area contributed by atoms with Crippen LogP contribution in [-0.4, -0.2) is 32.1 Å². The van der Waals surface area contributed by atoms with E-state index in [2.05, 4.69) is 47.3 Å². The van der Waals surface area contributed by atoms with Gasteiger partial charge in [0.25, 0.3) is 11.8 Å². The van der Waals surface area contributed by atoms with Gasteiger partial charge < -0.3 is 14.2 Å². The minimum absolute atomic E-state index is 0.0271. The Balaban J connectivity index is 1.41. The van der Waals surface area contributed by atoms with E-state index in [1.807, 2.05) is 18.2 Å². The van der Waals surface area contributed by atoms with Crippen molar-refractivity contribution in [2.45, 2.75) is 26.2 Å². The smallest absolute Gasteiger partial charge is 0.282 e. The van der Waals surface area contributed by atoms with E-state index in [0.717, 1.165) is 12.2 Å². The van der Waals surface area contributed by atoms with Gasteiger partial charge in [0.05, 0.1) is 17.3 Å². The Labute approximate surface area is 225 Å². The monoisotopic (exact) mass is 564 g/mol. The lowest BCUT2D eigenvalue weighted by Crippen LogP contribution is -2.35. The van der Waals surface area contributed by atoms with Gasteiger partial charge in [-0.25, -0.2) is 5.01 Å². The van der Waals surface area contributed by atoms with Gasteiger partial charge in [0.1, 0.15) is 24.5 Å². The molecule has 1 fully saturated rings. The van der Waals surface area contributed by atoms with Gasteiger partial charge in [0.2, 0.25) is 0 Å². The van der Waals surface area contributed by atoms with Gasteiger partial charge in [-0.3, -0.25) is 15.0 Å². The molecule has 3 aromatic rings.